The summed E-state index contributed by atoms with van der Waals surface area (Å²) in [5, 5.41) is 1.59. The number of benzene rings is 1. The van der Waals surface area contributed by atoms with Gasteiger partial charge < -0.3 is 4.90 Å². The number of amides is 1. The van der Waals surface area contributed by atoms with E-state index < -0.39 is 5.38 Å². The lowest BCUT2D eigenvalue weighted by atomic mass is 10.1. The van der Waals surface area contributed by atoms with Crippen LogP contribution in [0.4, 0.5) is 5.69 Å². The molecule has 2 aromatic rings. The van der Waals surface area contributed by atoms with Gasteiger partial charge in [0, 0.05) is 30.5 Å². The Morgan fingerprint density at radius 3 is 2.82 bits per heavy atom. The highest BCUT2D eigenvalue weighted by Gasteiger charge is 2.16. The number of anilines is 1. The number of pyridine rings is 1. The average molecular weight is 249 g/mol. The summed E-state index contributed by atoms with van der Waals surface area (Å²) >= 11 is 5.79. The predicted molar refractivity (Wildman–Crippen MR) is 70.5 cm³/mol. The summed E-state index contributed by atoms with van der Waals surface area (Å²) in [6, 6.07) is 7.71. The Kier molecular flexibility index (Phi) is 3.29. The first kappa shape index (κ1) is 11.9. The molecule has 0 spiro atoms. The van der Waals surface area contributed by atoms with Crippen LogP contribution < -0.4 is 4.90 Å². The van der Waals surface area contributed by atoms with E-state index in [1.807, 2.05) is 24.3 Å². The maximum absolute atomic E-state index is 11.8. The van der Waals surface area contributed by atoms with Crippen LogP contribution in [0.3, 0.4) is 0 Å². The van der Waals surface area contributed by atoms with Crippen LogP contribution in [0, 0.1) is 0 Å². The van der Waals surface area contributed by atoms with E-state index in [0.29, 0.717) is 0 Å². The van der Waals surface area contributed by atoms with Crippen molar-refractivity contribution in [3.63, 3.8) is 0 Å². The van der Waals surface area contributed by atoms with E-state index in [4.69, 9.17) is 11.6 Å². The number of hydrogen-bond donors (Lipinski definition) is 0. The zero-order valence-corrected chi connectivity index (χ0v) is 10.5. The summed E-state index contributed by atoms with van der Waals surface area (Å²) in [5.74, 6) is -0.111. The largest absolute Gasteiger partial charge is 0.314 e. The van der Waals surface area contributed by atoms with Gasteiger partial charge >= 0.3 is 0 Å². The fourth-order valence-electron chi connectivity index (χ4n) is 1.67. The maximum atomic E-state index is 11.8. The summed E-state index contributed by atoms with van der Waals surface area (Å²) < 4.78 is 0. The number of aromatic nitrogens is 1. The highest BCUT2D eigenvalue weighted by Crippen LogP contribution is 2.21. The fraction of sp³-hybridized carbons (Fsp3) is 0.231. The van der Waals surface area contributed by atoms with Crippen molar-refractivity contribution in [1.82, 2.24) is 4.98 Å². The molecule has 17 heavy (non-hydrogen) atoms. The van der Waals surface area contributed by atoms with Gasteiger partial charge in [0.15, 0.2) is 0 Å². The second-order valence-corrected chi connectivity index (χ2v) is 4.58. The lowest BCUT2D eigenvalue weighted by Gasteiger charge is -2.19. The van der Waals surface area contributed by atoms with Crippen LogP contribution >= 0.6 is 11.6 Å². The molecule has 88 valence electrons. The van der Waals surface area contributed by atoms with Gasteiger partial charge in [0.05, 0.1) is 0 Å². The minimum Gasteiger partial charge on any atom is -0.314 e. The van der Waals surface area contributed by atoms with E-state index in [2.05, 4.69) is 4.98 Å². The number of nitrogens with zero attached hydrogens (tertiary/aromatic N) is 2. The molecule has 1 aromatic carbocycles. The first-order valence-corrected chi connectivity index (χ1v) is 5.78. The van der Waals surface area contributed by atoms with Gasteiger partial charge in [-0.2, -0.15) is 0 Å². The van der Waals surface area contributed by atoms with E-state index >= 15 is 0 Å². The molecular weight excluding hydrogens is 236 g/mol. The second-order valence-electron chi connectivity index (χ2n) is 3.92. The van der Waals surface area contributed by atoms with Crippen LogP contribution in [0.5, 0.6) is 0 Å². The number of halogens is 1. The molecule has 0 aliphatic rings. The third-order valence-corrected chi connectivity index (χ3v) is 2.87. The summed E-state index contributed by atoms with van der Waals surface area (Å²) in [5.41, 5.74) is 0.834. The molecule has 0 aliphatic carbocycles. The smallest absolute Gasteiger partial charge is 0.244 e. The Balaban J connectivity index is 2.39. The molecule has 0 radical (unpaired) electrons. The van der Waals surface area contributed by atoms with Crippen molar-refractivity contribution in [2.24, 2.45) is 0 Å². The van der Waals surface area contributed by atoms with E-state index in [-0.39, 0.29) is 5.91 Å². The number of hydrogen-bond acceptors (Lipinski definition) is 2. The van der Waals surface area contributed by atoms with Crippen molar-refractivity contribution in [2.75, 3.05) is 11.9 Å². The average Bonchev–Trinajstić information content (AvgIpc) is 2.36. The molecule has 0 saturated heterocycles. The third kappa shape index (κ3) is 2.39. The molecule has 0 fully saturated rings. The minimum absolute atomic E-state index is 0.111. The van der Waals surface area contributed by atoms with Gasteiger partial charge in [-0.3, -0.25) is 9.78 Å². The standard InChI is InChI=1S/C13H13ClN2O/c1-9(14)13(17)16(2)12-4-3-11-8-15-6-5-10(11)7-12/h3-9H,1-2H3. The first-order valence-electron chi connectivity index (χ1n) is 5.35. The quantitative estimate of drug-likeness (QED) is 0.766. The predicted octanol–water partition coefficient (Wildman–Crippen LogP) is 2.82. The van der Waals surface area contributed by atoms with Crippen LogP contribution in [0.15, 0.2) is 36.7 Å². The van der Waals surface area contributed by atoms with E-state index in [1.54, 1.807) is 31.3 Å². The monoisotopic (exact) mass is 248 g/mol. The zero-order chi connectivity index (χ0) is 12.4. The Morgan fingerprint density at radius 2 is 2.12 bits per heavy atom. The Bertz CT molecular complexity index is 554. The minimum atomic E-state index is -0.520. The van der Waals surface area contributed by atoms with E-state index in [9.17, 15) is 4.79 Å². The highest BCUT2D eigenvalue weighted by atomic mass is 35.5. The van der Waals surface area contributed by atoms with Crippen molar-refractivity contribution in [2.45, 2.75) is 12.3 Å². The number of rotatable bonds is 2. The Hall–Kier alpha value is -1.61. The second kappa shape index (κ2) is 4.72. The summed E-state index contributed by atoms with van der Waals surface area (Å²) in [7, 11) is 1.73. The summed E-state index contributed by atoms with van der Waals surface area (Å²) in [6.07, 6.45) is 3.53. The third-order valence-electron chi connectivity index (χ3n) is 2.68. The Morgan fingerprint density at radius 1 is 1.35 bits per heavy atom. The molecule has 3 nitrogen and oxygen atoms in total. The van der Waals surface area contributed by atoms with Gasteiger partial charge in [0.25, 0.3) is 0 Å². The van der Waals surface area contributed by atoms with Gasteiger partial charge in [-0.15, -0.1) is 11.6 Å². The van der Waals surface area contributed by atoms with Crippen LogP contribution in [0.1, 0.15) is 6.92 Å². The van der Waals surface area contributed by atoms with E-state index in [1.165, 1.54) is 0 Å². The van der Waals surface area contributed by atoms with Crippen molar-refractivity contribution in [1.29, 1.82) is 0 Å². The van der Waals surface area contributed by atoms with Gasteiger partial charge in [-0.05, 0) is 30.5 Å². The summed E-state index contributed by atoms with van der Waals surface area (Å²) in [6.45, 7) is 1.67. The molecule has 2 rings (SSSR count). The molecule has 4 heteroatoms. The van der Waals surface area contributed by atoms with Gasteiger partial charge in [-0.1, -0.05) is 6.07 Å². The highest BCUT2D eigenvalue weighted by molar-refractivity contribution is 6.32. The van der Waals surface area contributed by atoms with Crippen molar-refractivity contribution >= 4 is 34.0 Å². The van der Waals surface area contributed by atoms with Gasteiger partial charge in [-0.25, -0.2) is 0 Å². The normalized spacial score (nSPS) is 12.4. The number of alkyl halides is 1. The molecule has 1 heterocycles. The van der Waals surface area contributed by atoms with Crippen LogP contribution in [-0.4, -0.2) is 23.3 Å². The molecule has 0 aliphatic heterocycles. The molecule has 1 aromatic heterocycles. The molecule has 0 N–H and O–H groups in total. The zero-order valence-electron chi connectivity index (χ0n) is 9.72. The van der Waals surface area contributed by atoms with Gasteiger partial charge in [0.2, 0.25) is 5.91 Å². The lowest BCUT2D eigenvalue weighted by molar-refractivity contribution is -0.117. The molecule has 1 unspecified atom stereocenters. The molecule has 1 atom stereocenters. The van der Waals surface area contributed by atoms with Crippen molar-refractivity contribution < 1.29 is 4.79 Å². The van der Waals surface area contributed by atoms with E-state index in [0.717, 1.165) is 16.5 Å². The number of fused-ring (bicyclic) bond motifs is 1. The van der Waals surface area contributed by atoms with Crippen LogP contribution in [-0.2, 0) is 4.79 Å². The van der Waals surface area contributed by atoms with Crippen LogP contribution in [0.25, 0.3) is 10.8 Å². The fourth-order valence-corrected chi connectivity index (χ4v) is 1.82. The topological polar surface area (TPSA) is 33.2 Å². The van der Waals surface area contributed by atoms with Crippen molar-refractivity contribution in [3.8, 4) is 0 Å². The Labute approximate surface area is 105 Å². The summed E-state index contributed by atoms with van der Waals surface area (Å²) in [4.78, 5) is 17.4. The lowest BCUT2D eigenvalue weighted by Crippen LogP contribution is -2.31. The van der Waals surface area contributed by atoms with Crippen LogP contribution in [0.2, 0.25) is 0 Å². The number of carbonyl (C=O) groups is 1. The number of carbonyl (C=O) groups excluding carboxylic acids is 1. The molecular formula is C13H13ClN2O. The SMILES string of the molecule is CC(Cl)C(=O)N(C)c1ccc2cnccc2c1. The molecule has 1 amide bonds. The first-order chi connectivity index (χ1) is 8.09. The molecule has 0 saturated carbocycles. The van der Waals surface area contributed by atoms with Gasteiger partial charge in [0.1, 0.15) is 5.38 Å². The maximum Gasteiger partial charge on any atom is 0.244 e. The van der Waals surface area contributed by atoms with Crippen molar-refractivity contribution in [3.05, 3.63) is 36.7 Å². The molecule has 0 bridgehead atoms.